The molecule has 0 unspecified atom stereocenters. The van der Waals surface area contributed by atoms with Crippen LogP contribution in [0.5, 0.6) is 5.75 Å². The zero-order valence-corrected chi connectivity index (χ0v) is 9.49. The van der Waals surface area contributed by atoms with Gasteiger partial charge in [-0.3, -0.25) is 10.2 Å². The number of thiol groups is 1. The van der Waals surface area contributed by atoms with Gasteiger partial charge in [0, 0.05) is 0 Å². The zero-order valence-electron chi connectivity index (χ0n) is 8.60. The number of nitrogens with two attached hydrogens (primary N) is 1. The minimum Gasteiger partial charge on any atom is -0.482 e. The van der Waals surface area contributed by atoms with Gasteiger partial charge in [0.15, 0.2) is 17.3 Å². The van der Waals surface area contributed by atoms with Crippen LogP contribution in [0.3, 0.4) is 0 Å². The normalized spacial score (nSPS) is 10.2. The maximum Gasteiger partial charge on any atom is 0.271 e. The number of ether oxygens (including phenoxy) is 1. The van der Waals surface area contributed by atoms with Crippen LogP contribution >= 0.6 is 0 Å². The Morgan fingerprint density at radius 2 is 2.19 bits per heavy atom. The van der Waals surface area contributed by atoms with Crippen LogP contribution in [0.25, 0.3) is 0 Å². The zero-order chi connectivity index (χ0) is 12.1. The molecule has 16 heavy (non-hydrogen) atoms. The summed E-state index contributed by atoms with van der Waals surface area (Å²) in [6.07, 6.45) is 0. The summed E-state index contributed by atoms with van der Waals surface area (Å²) in [5.41, 5.74) is 2.72. The number of amides is 1. The molecule has 0 aliphatic carbocycles. The number of aryl methyl sites for hydroxylation is 1. The van der Waals surface area contributed by atoms with Crippen molar-refractivity contribution in [2.75, 3.05) is 6.61 Å². The lowest BCUT2D eigenvalue weighted by Gasteiger charge is -2.07. The van der Waals surface area contributed by atoms with Gasteiger partial charge in [0.1, 0.15) is 10.6 Å². The third-order valence-corrected chi connectivity index (χ3v) is 2.59. The average molecular weight is 244 g/mol. The third-order valence-electron chi connectivity index (χ3n) is 1.83. The van der Waals surface area contributed by atoms with Gasteiger partial charge in [0.05, 0.1) is 0 Å². The number of benzene rings is 1. The van der Waals surface area contributed by atoms with E-state index in [4.69, 9.17) is 10.6 Å². The molecule has 0 bridgehead atoms. The Hall–Kier alpha value is -1.60. The van der Waals surface area contributed by atoms with Gasteiger partial charge < -0.3 is 4.74 Å². The Bertz CT molecular complexity index is 463. The molecule has 0 atom stereocenters. The molecule has 7 heteroatoms. The largest absolute Gasteiger partial charge is 0.482 e. The highest BCUT2D eigenvalue weighted by molar-refractivity contribution is 7.72. The van der Waals surface area contributed by atoms with E-state index in [0.29, 0.717) is 0 Å². The highest BCUT2D eigenvalue weighted by atomic mass is 32.2. The van der Waals surface area contributed by atoms with E-state index in [1.165, 1.54) is 6.07 Å². The Kier molecular flexibility index (Phi) is 4.27. The molecule has 0 aromatic heterocycles. The van der Waals surface area contributed by atoms with E-state index in [2.05, 4.69) is 0 Å². The highest BCUT2D eigenvalue weighted by Crippen LogP contribution is 2.21. The first-order valence-corrected chi connectivity index (χ1v) is 5.59. The maximum absolute atomic E-state index is 10.9. The molecular formula is C9H12N2O4S. The Labute approximate surface area is 94.3 Å². The predicted octanol–water partition coefficient (Wildman–Crippen LogP) is -0.666. The summed E-state index contributed by atoms with van der Waals surface area (Å²) in [6, 6.07) is 4.62. The number of carbonyl (C=O) groups excluding carboxylic acids is 1. The van der Waals surface area contributed by atoms with E-state index >= 15 is 0 Å². The number of rotatable bonds is 4. The van der Waals surface area contributed by atoms with E-state index in [0.717, 1.165) is 5.56 Å². The standard InChI is InChI=1S/C9H12N2O4S/c1-6-2-3-8(16(13)14)7(4-6)15-5-9(12)11-10/h2-4,16H,5,10H2,1H3,(H,11,12). The molecule has 1 aromatic carbocycles. The van der Waals surface area contributed by atoms with Gasteiger partial charge in [-0.15, -0.1) is 0 Å². The fourth-order valence-corrected chi connectivity index (χ4v) is 1.58. The van der Waals surface area contributed by atoms with Crippen LogP contribution in [0.2, 0.25) is 0 Å². The van der Waals surface area contributed by atoms with Crippen LogP contribution in [0.15, 0.2) is 23.1 Å². The molecule has 0 spiro atoms. The topological polar surface area (TPSA) is 98.5 Å². The van der Waals surface area contributed by atoms with E-state index in [1.54, 1.807) is 19.1 Å². The molecule has 0 saturated carbocycles. The summed E-state index contributed by atoms with van der Waals surface area (Å²) >= 11 is 0. The summed E-state index contributed by atoms with van der Waals surface area (Å²) in [4.78, 5) is 10.9. The predicted molar refractivity (Wildman–Crippen MR) is 57.6 cm³/mol. The first-order chi connectivity index (χ1) is 7.54. The average Bonchev–Trinajstić information content (AvgIpc) is 2.25. The molecular weight excluding hydrogens is 232 g/mol. The van der Waals surface area contributed by atoms with Crippen molar-refractivity contribution in [2.45, 2.75) is 11.8 Å². The van der Waals surface area contributed by atoms with Crippen LogP contribution in [-0.2, 0) is 15.5 Å². The van der Waals surface area contributed by atoms with Crippen LogP contribution in [0, 0.1) is 6.92 Å². The van der Waals surface area contributed by atoms with Crippen molar-refractivity contribution in [2.24, 2.45) is 5.84 Å². The highest BCUT2D eigenvalue weighted by Gasteiger charge is 2.08. The molecule has 6 nitrogen and oxygen atoms in total. The van der Waals surface area contributed by atoms with Crippen LogP contribution in [0.1, 0.15) is 5.56 Å². The van der Waals surface area contributed by atoms with Gasteiger partial charge in [0.2, 0.25) is 0 Å². The van der Waals surface area contributed by atoms with E-state index in [1.807, 2.05) is 5.43 Å². The summed E-state index contributed by atoms with van der Waals surface area (Å²) in [5, 5.41) is 0. The number of nitrogens with one attached hydrogen (secondary N) is 1. The summed E-state index contributed by atoms with van der Waals surface area (Å²) in [7, 11) is -2.75. The van der Waals surface area contributed by atoms with Crippen molar-refractivity contribution in [3.8, 4) is 5.75 Å². The third kappa shape index (κ3) is 3.21. The summed E-state index contributed by atoms with van der Waals surface area (Å²) < 4.78 is 26.8. The number of hydrogen-bond donors (Lipinski definition) is 3. The number of hydrazine groups is 1. The van der Waals surface area contributed by atoms with E-state index in [-0.39, 0.29) is 17.3 Å². The molecule has 3 N–H and O–H groups in total. The molecule has 1 rings (SSSR count). The second-order valence-corrected chi connectivity index (χ2v) is 4.08. The summed E-state index contributed by atoms with van der Waals surface area (Å²) in [6.45, 7) is 1.47. The molecule has 0 radical (unpaired) electrons. The fourth-order valence-electron chi connectivity index (χ4n) is 1.07. The van der Waals surface area contributed by atoms with Gasteiger partial charge in [-0.2, -0.15) is 0 Å². The molecule has 0 fully saturated rings. The van der Waals surface area contributed by atoms with Crippen molar-refractivity contribution in [1.29, 1.82) is 0 Å². The van der Waals surface area contributed by atoms with E-state index < -0.39 is 16.6 Å². The Balaban J connectivity index is 2.92. The van der Waals surface area contributed by atoms with Crippen molar-refractivity contribution >= 4 is 16.6 Å². The van der Waals surface area contributed by atoms with Crippen LogP contribution < -0.4 is 16.0 Å². The van der Waals surface area contributed by atoms with Gasteiger partial charge in [-0.25, -0.2) is 14.3 Å². The lowest BCUT2D eigenvalue weighted by Crippen LogP contribution is -2.34. The number of hydrogen-bond acceptors (Lipinski definition) is 5. The molecule has 1 aromatic rings. The molecule has 1 amide bonds. The Morgan fingerprint density at radius 3 is 2.75 bits per heavy atom. The van der Waals surface area contributed by atoms with Crippen molar-refractivity contribution in [1.82, 2.24) is 5.43 Å². The minimum absolute atomic E-state index is 0.0467. The molecule has 0 saturated heterocycles. The smallest absolute Gasteiger partial charge is 0.271 e. The van der Waals surface area contributed by atoms with Crippen molar-refractivity contribution in [3.05, 3.63) is 23.8 Å². The van der Waals surface area contributed by atoms with Gasteiger partial charge in [-0.1, -0.05) is 6.07 Å². The fraction of sp³-hybridized carbons (Fsp3) is 0.222. The monoisotopic (exact) mass is 244 g/mol. The quantitative estimate of drug-likeness (QED) is 0.282. The van der Waals surface area contributed by atoms with Crippen molar-refractivity contribution in [3.63, 3.8) is 0 Å². The second kappa shape index (κ2) is 5.47. The maximum atomic E-state index is 10.9. The van der Waals surface area contributed by atoms with Gasteiger partial charge in [-0.05, 0) is 24.6 Å². The minimum atomic E-state index is -2.75. The number of carbonyl (C=O) groups is 1. The first-order valence-electron chi connectivity index (χ1n) is 4.42. The molecule has 0 aliphatic rings. The summed E-state index contributed by atoms with van der Waals surface area (Å²) in [5.74, 6) is 4.48. The van der Waals surface area contributed by atoms with Gasteiger partial charge >= 0.3 is 0 Å². The second-order valence-electron chi connectivity index (χ2n) is 3.08. The van der Waals surface area contributed by atoms with Crippen LogP contribution in [0.4, 0.5) is 0 Å². The molecule has 88 valence electrons. The van der Waals surface area contributed by atoms with Gasteiger partial charge in [0.25, 0.3) is 5.91 Å². The molecule has 0 aliphatic heterocycles. The Morgan fingerprint density at radius 1 is 1.50 bits per heavy atom. The van der Waals surface area contributed by atoms with E-state index in [9.17, 15) is 13.2 Å². The van der Waals surface area contributed by atoms with Crippen molar-refractivity contribution < 1.29 is 17.9 Å². The first kappa shape index (κ1) is 12.5. The lowest BCUT2D eigenvalue weighted by molar-refractivity contribution is -0.123. The SMILES string of the molecule is Cc1ccc([SH](=O)=O)c(OCC(=O)NN)c1. The lowest BCUT2D eigenvalue weighted by atomic mass is 10.2. The molecule has 0 heterocycles. The van der Waals surface area contributed by atoms with Crippen LogP contribution in [-0.4, -0.2) is 20.9 Å².